The fraction of sp³-hybridized carbons (Fsp3) is 0.500. The average molecular weight is 249 g/mol. The molecule has 1 aromatic rings. The van der Waals surface area contributed by atoms with E-state index in [1.165, 1.54) is 10.6 Å². The summed E-state index contributed by atoms with van der Waals surface area (Å²) < 4.78 is 0. The minimum absolute atomic E-state index is 0.140. The molecule has 92 valence electrons. The molecule has 17 heavy (non-hydrogen) atoms. The van der Waals surface area contributed by atoms with Gasteiger partial charge in [0, 0.05) is 35.5 Å². The average Bonchev–Trinajstić information content (AvgIpc) is 2.36. The number of anilines is 1. The minimum Gasteiger partial charge on any atom is -0.368 e. The van der Waals surface area contributed by atoms with E-state index in [0.29, 0.717) is 18.2 Å². The van der Waals surface area contributed by atoms with Gasteiger partial charge in [0.25, 0.3) is 0 Å². The van der Waals surface area contributed by atoms with Crippen molar-refractivity contribution in [2.75, 3.05) is 17.7 Å². The Morgan fingerprint density at radius 2 is 2.12 bits per heavy atom. The van der Waals surface area contributed by atoms with E-state index in [1.54, 1.807) is 11.8 Å². The summed E-state index contributed by atoms with van der Waals surface area (Å²) in [5.74, 6) is 0.538. The Balaban J connectivity index is 2.24. The number of benzene rings is 1. The molecular weight excluding hydrogens is 230 g/mol. The third-order valence-electron chi connectivity index (χ3n) is 3.71. The molecule has 0 aliphatic carbocycles. The molecule has 1 fully saturated rings. The Hall–Kier alpha value is -0.960. The fourth-order valence-corrected chi connectivity index (χ4v) is 2.81. The molecule has 2 nitrogen and oxygen atoms in total. The molecule has 1 heterocycles. The van der Waals surface area contributed by atoms with Gasteiger partial charge in [0.15, 0.2) is 0 Å². The largest absolute Gasteiger partial charge is 0.368 e. The molecule has 1 aromatic carbocycles. The van der Waals surface area contributed by atoms with Crippen molar-refractivity contribution in [3.8, 4) is 0 Å². The summed E-state index contributed by atoms with van der Waals surface area (Å²) >= 11 is 1.76. The minimum atomic E-state index is 0.140. The summed E-state index contributed by atoms with van der Waals surface area (Å²) in [7, 11) is 0. The second-order valence-electron chi connectivity index (χ2n) is 4.64. The normalized spacial score (nSPS) is 25.1. The lowest BCUT2D eigenvalue weighted by Gasteiger charge is -2.38. The number of piperidine rings is 1. The quantitative estimate of drug-likeness (QED) is 0.751. The smallest absolute Gasteiger partial charge is 0.139 e. The summed E-state index contributed by atoms with van der Waals surface area (Å²) in [6, 6.07) is 8.86. The van der Waals surface area contributed by atoms with E-state index >= 15 is 0 Å². The van der Waals surface area contributed by atoms with Crippen molar-refractivity contribution in [2.45, 2.75) is 31.2 Å². The van der Waals surface area contributed by atoms with Crippen molar-refractivity contribution >= 4 is 23.2 Å². The number of thioether (sulfide) groups is 1. The molecular formula is C14H19NOS. The predicted octanol–water partition coefficient (Wildman–Crippen LogP) is 3.21. The van der Waals surface area contributed by atoms with Crippen LogP contribution in [0.1, 0.15) is 20.3 Å². The van der Waals surface area contributed by atoms with Crippen molar-refractivity contribution in [3.63, 3.8) is 0 Å². The molecule has 3 heteroatoms. The van der Waals surface area contributed by atoms with Crippen LogP contribution >= 0.6 is 11.8 Å². The SMILES string of the molecule is CSc1cccc(N2CCC(=O)C(C)C2C)c1. The lowest BCUT2D eigenvalue weighted by Crippen LogP contribution is -2.46. The highest BCUT2D eigenvalue weighted by Crippen LogP contribution is 2.29. The Kier molecular flexibility index (Phi) is 3.77. The number of ketones is 1. The summed E-state index contributed by atoms with van der Waals surface area (Å²) in [6.45, 7) is 5.03. The van der Waals surface area contributed by atoms with Crippen LogP contribution in [0.4, 0.5) is 5.69 Å². The molecule has 0 spiro atoms. The second kappa shape index (κ2) is 5.13. The van der Waals surface area contributed by atoms with Crippen LogP contribution in [-0.2, 0) is 4.79 Å². The molecule has 1 aliphatic heterocycles. The third-order valence-corrected chi connectivity index (χ3v) is 4.43. The van der Waals surface area contributed by atoms with Gasteiger partial charge in [0.2, 0.25) is 0 Å². The molecule has 1 aliphatic rings. The summed E-state index contributed by atoms with van der Waals surface area (Å²) in [5.41, 5.74) is 1.24. The summed E-state index contributed by atoms with van der Waals surface area (Å²) in [5, 5.41) is 0. The first-order chi connectivity index (χ1) is 8.13. The van der Waals surface area contributed by atoms with Gasteiger partial charge in [-0.2, -0.15) is 0 Å². The maximum atomic E-state index is 11.7. The molecule has 0 N–H and O–H groups in total. The van der Waals surface area contributed by atoms with Crippen molar-refractivity contribution in [1.82, 2.24) is 0 Å². The van der Waals surface area contributed by atoms with Crippen LogP contribution in [0.5, 0.6) is 0 Å². The maximum absolute atomic E-state index is 11.7. The molecule has 0 radical (unpaired) electrons. The number of nitrogens with zero attached hydrogens (tertiary/aromatic N) is 1. The van der Waals surface area contributed by atoms with Gasteiger partial charge in [-0.25, -0.2) is 0 Å². The molecule has 1 saturated heterocycles. The number of carbonyl (C=O) groups excluding carboxylic acids is 1. The van der Waals surface area contributed by atoms with E-state index in [4.69, 9.17) is 0 Å². The van der Waals surface area contributed by atoms with Crippen LogP contribution in [0, 0.1) is 5.92 Å². The topological polar surface area (TPSA) is 20.3 Å². The number of carbonyl (C=O) groups is 1. The van der Waals surface area contributed by atoms with Gasteiger partial charge in [-0.1, -0.05) is 13.0 Å². The molecule has 0 saturated carbocycles. The highest BCUT2D eigenvalue weighted by atomic mass is 32.2. The van der Waals surface area contributed by atoms with E-state index < -0.39 is 0 Å². The van der Waals surface area contributed by atoms with Gasteiger partial charge < -0.3 is 4.90 Å². The number of hydrogen-bond acceptors (Lipinski definition) is 3. The fourth-order valence-electron chi connectivity index (χ4n) is 2.35. The zero-order valence-corrected chi connectivity index (χ0v) is 11.5. The zero-order valence-electron chi connectivity index (χ0n) is 10.6. The summed E-state index contributed by atoms with van der Waals surface area (Å²) in [4.78, 5) is 15.3. The van der Waals surface area contributed by atoms with E-state index in [0.717, 1.165) is 6.54 Å². The lowest BCUT2D eigenvalue weighted by molar-refractivity contribution is -0.123. The van der Waals surface area contributed by atoms with E-state index in [1.807, 2.05) is 6.92 Å². The second-order valence-corrected chi connectivity index (χ2v) is 5.52. The number of hydrogen-bond donors (Lipinski definition) is 0. The van der Waals surface area contributed by atoms with Gasteiger partial charge in [-0.15, -0.1) is 11.8 Å². The Labute approximate surface area is 107 Å². The van der Waals surface area contributed by atoms with E-state index in [-0.39, 0.29) is 5.92 Å². The molecule has 0 bridgehead atoms. The number of rotatable bonds is 2. The van der Waals surface area contributed by atoms with E-state index in [2.05, 4.69) is 42.3 Å². The first-order valence-corrected chi connectivity index (χ1v) is 7.29. The van der Waals surface area contributed by atoms with Crippen molar-refractivity contribution in [1.29, 1.82) is 0 Å². The van der Waals surface area contributed by atoms with Crippen LogP contribution < -0.4 is 4.90 Å². The molecule has 0 amide bonds. The highest BCUT2D eigenvalue weighted by molar-refractivity contribution is 7.98. The lowest BCUT2D eigenvalue weighted by atomic mass is 9.90. The van der Waals surface area contributed by atoms with Gasteiger partial charge in [0.1, 0.15) is 5.78 Å². The molecule has 2 unspecified atom stereocenters. The van der Waals surface area contributed by atoms with Crippen molar-refractivity contribution < 1.29 is 4.79 Å². The highest BCUT2D eigenvalue weighted by Gasteiger charge is 2.30. The van der Waals surface area contributed by atoms with Gasteiger partial charge in [0.05, 0.1) is 0 Å². The molecule has 0 aromatic heterocycles. The van der Waals surface area contributed by atoms with Crippen LogP contribution in [-0.4, -0.2) is 24.6 Å². The standard InChI is InChI=1S/C14H19NOS/c1-10-11(2)15(8-7-14(10)16)12-5-4-6-13(9-12)17-3/h4-6,9-11H,7-8H2,1-3H3. The first-order valence-electron chi connectivity index (χ1n) is 6.07. The molecule has 2 rings (SSSR count). The van der Waals surface area contributed by atoms with Crippen molar-refractivity contribution in [2.24, 2.45) is 5.92 Å². The van der Waals surface area contributed by atoms with Gasteiger partial charge in [-0.3, -0.25) is 4.79 Å². The van der Waals surface area contributed by atoms with Crippen LogP contribution in [0.3, 0.4) is 0 Å². The number of Topliss-reactive ketones (excluding diaryl/α,β-unsaturated/α-hetero) is 1. The van der Waals surface area contributed by atoms with E-state index in [9.17, 15) is 4.79 Å². The van der Waals surface area contributed by atoms with Crippen molar-refractivity contribution in [3.05, 3.63) is 24.3 Å². The Morgan fingerprint density at radius 1 is 1.35 bits per heavy atom. The molecule has 2 atom stereocenters. The first kappa shape index (κ1) is 12.5. The van der Waals surface area contributed by atoms with Crippen LogP contribution in [0.15, 0.2) is 29.2 Å². The van der Waals surface area contributed by atoms with Gasteiger partial charge >= 0.3 is 0 Å². The predicted molar refractivity (Wildman–Crippen MR) is 73.8 cm³/mol. The Morgan fingerprint density at radius 3 is 2.82 bits per heavy atom. The maximum Gasteiger partial charge on any atom is 0.139 e. The summed E-state index contributed by atoms with van der Waals surface area (Å²) in [6.07, 6.45) is 2.76. The third kappa shape index (κ3) is 2.49. The zero-order chi connectivity index (χ0) is 12.4. The van der Waals surface area contributed by atoms with Crippen LogP contribution in [0.25, 0.3) is 0 Å². The monoisotopic (exact) mass is 249 g/mol. The Bertz CT molecular complexity index is 418. The van der Waals surface area contributed by atoms with Gasteiger partial charge in [-0.05, 0) is 31.4 Å². The van der Waals surface area contributed by atoms with Crippen LogP contribution in [0.2, 0.25) is 0 Å².